The molecule has 0 aliphatic rings. The van der Waals surface area contributed by atoms with Crippen LogP contribution < -0.4 is 5.32 Å². The minimum absolute atomic E-state index is 0.337. The second-order valence-electron chi connectivity index (χ2n) is 4.22. The third-order valence-electron chi connectivity index (χ3n) is 2.58. The number of hydrogen-bond donors (Lipinski definition) is 1. The van der Waals surface area contributed by atoms with Gasteiger partial charge in [0.15, 0.2) is 0 Å². The molecule has 0 fully saturated rings. The number of nitrogens with zero attached hydrogens (tertiary/aromatic N) is 2. The molecule has 1 aromatic carbocycles. The zero-order chi connectivity index (χ0) is 14.0. The molecular weight excluding hydrogens is 333 g/mol. The fraction of sp³-hybridized carbons (Fsp3) is 0.308. The summed E-state index contributed by atoms with van der Waals surface area (Å²) in [5.41, 5.74) is 1.55. The smallest absolute Gasteiger partial charge is 0.207 e. The summed E-state index contributed by atoms with van der Waals surface area (Å²) in [6.07, 6.45) is 2.85. The fourth-order valence-electron chi connectivity index (χ4n) is 1.79. The van der Waals surface area contributed by atoms with E-state index < -0.39 is 0 Å². The molecule has 0 saturated heterocycles. The summed E-state index contributed by atoms with van der Waals surface area (Å²) in [4.78, 5) is 4.41. The predicted molar refractivity (Wildman–Crippen MR) is 79.7 cm³/mol. The van der Waals surface area contributed by atoms with Crippen LogP contribution in [0.2, 0.25) is 5.02 Å². The van der Waals surface area contributed by atoms with Gasteiger partial charge in [-0.1, -0.05) is 18.5 Å². The van der Waals surface area contributed by atoms with Crippen molar-refractivity contribution >= 4 is 33.5 Å². The van der Waals surface area contributed by atoms with Gasteiger partial charge < -0.3 is 5.32 Å². The molecule has 6 heteroatoms. The largest absolute Gasteiger partial charge is 0.355 e. The van der Waals surface area contributed by atoms with Crippen LogP contribution in [0, 0.1) is 12.7 Å². The molecule has 0 bridgehead atoms. The van der Waals surface area contributed by atoms with Crippen molar-refractivity contribution in [2.24, 2.45) is 0 Å². The first-order chi connectivity index (χ1) is 9.02. The molecule has 0 saturated carbocycles. The summed E-state index contributed by atoms with van der Waals surface area (Å²) < 4.78 is 15.7. The molecule has 2 aromatic rings. The molecule has 3 nitrogen and oxygen atoms in total. The van der Waals surface area contributed by atoms with E-state index in [1.807, 2.05) is 17.7 Å². The highest BCUT2D eigenvalue weighted by molar-refractivity contribution is 9.10. The second-order valence-corrected chi connectivity index (χ2v) is 5.48. The van der Waals surface area contributed by atoms with Gasteiger partial charge in [-0.05, 0) is 41.4 Å². The number of nitrogens with one attached hydrogen (secondary N) is 1. The maximum absolute atomic E-state index is 13.3. The maximum Gasteiger partial charge on any atom is 0.207 e. The molecule has 0 aliphatic carbocycles. The molecule has 1 N–H and O–H groups in total. The number of anilines is 1. The van der Waals surface area contributed by atoms with Gasteiger partial charge in [0, 0.05) is 17.2 Å². The summed E-state index contributed by atoms with van der Waals surface area (Å²) >= 11 is 9.48. The van der Waals surface area contributed by atoms with Gasteiger partial charge in [0.2, 0.25) is 5.95 Å². The minimum atomic E-state index is -0.375. The summed E-state index contributed by atoms with van der Waals surface area (Å²) in [6, 6.07) is 2.68. The molecule has 0 amide bonds. The molecule has 0 unspecified atom stereocenters. The normalized spacial score (nSPS) is 10.8. The van der Waals surface area contributed by atoms with E-state index in [4.69, 9.17) is 11.6 Å². The average Bonchev–Trinajstić information content (AvgIpc) is 2.66. The van der Waals surface area contributed by atoms with Gasteiger partial charge >= 0.3 is 0 Å². The van der Waals surface area contributed by atoms with Gasteiger partial charge in [-0.2, -0.15) is 0 Å². The Hall–Kier alpha value is -1.07. The van der Waals surface area contributed by atoms with E-state index in [1.54, 1.807) is 0 Å². The Morgan fingerprint density at radius 3 is 2.84 bits per heavy atom. The van der Waals surface area contributed by atoms with Gasteiger partial charge in [0.05, 0.1) is 16.4 Å². The third-order valence-corrected chi connectivity index (χ3v) is 3.47. The van der Waals surface area contributed by atoms with E-state index >= 15 is 0 Å². The van der Waals surface area contributed by atoms with Crippen molar-refractivity contribution in [3.8, 4) is 5.69 Å². The standard InChI is InChI=1S/C13H14BrClFN3/c1-3-4-17-13-18-8(2)7-19(13)12-10(14)5-9(16)6-11(12)15/h5-7H,3-4H2,1-2H3,(H,17,18). The predicted octanol–water partition coefficient (Wildman–Crippen LogP) is 4.56. The lowest BCUT2D eigenvalue weighted by atomic mass is 10.3. The van der Waals surface area contributed by atoms with Gasteiger partial charge in [-0.25, -0.2) is 9.37 Å². The van der Waals surface area contributed by atoms with E-state index in [9.17, 15) is 4.39 Å². The molecule has 1 heterocycles. The Balaban J connectivity index is 2.52. The maximum atomic E-state index is 13.3. The minimum Gasteiger partial charge on any atom is -0.355 e. The van der Waals surface area contributed by atoms with Crippen molar-refractivity contribution in [1.82, 2.24) is 9.55 Å². The highest BCUT2D eigenvalue weighted by Crippen LogP contribution is 2.32. The Bertz CT molecular complexity index is 575. The summed E-state index contributed by atoms with van der Waals surface area (Å²) in [7, 11) is 0. The van der Waals surface area contributed by atoms with E-state index in [1.165, 1.54) is 12.1 Å². The SMILES string of the molecule is CCCNc1nc(C)cn1-c1c(Cl)cc(F)cc1Br. The quantitative estimate of drug-likeness (QED) is 0.879. The number of aromatic nitrogens is 2. The molecule has 102 valence electrons. The molecular formula is C13H14BrClFN3. The fourth-order valence-corrected chi connectivity index (χ4v) is 2.83. The Kier molecular flexibility index (Phi) is 4.47. The molecule has 19 heavy (non-hydrogen) atoms. The van der Waals surface area contributed by atoms with Crippen LogP contribution in [0.3, 0.4) is 0 Å². The van der Waals surface area contributed by atoms with E-state index in [0.29, 0.717) is 21.1 Å². The van der Waals surface area contributed by atoms with Crippen LogP contribution in [-0.2, 0) is 0 Å². The summed E-state index contributed by atoms with van der Waals surface area (Å²) in [5, 5.41) is 3.57. The lowest BCUT2D eigenvalue weighted by molar-refractivity contribution is 0.626. The second kappa shape index (κ2) is 5.92. The molecule has 1 aromatic heterocycles. The topological polar surface area (TPSA) is 29.9 Å². The average molecular weight is 347 g/mol. The zero-order valence-electron chi connectivity index (χ0n) is 10.7. The van der Waals surface area contributed by atoms with Gasteiger partial charge in [0.1, 0.15) is 5.82 Å². The van der Waals surface area contributed by atoms with E-state index in [0.717, 1.165) is 18.7 Å². The van der Waals surface area contributed by atoms with Crippen molar-refractivity contribution < 1.29 is 4.39 Å². The van der Waals surface area contributed by atoms with Crippen molar-refractivity contribution in [2.75, 3.05) is 11.9 Å². The molecule has 2 rings (SSSR count). The molecule has 0 atom stereocenters. The lowest BCUT2D eigenvalue weighted by Crippen LogP contribution is -2.07. The van der Waals surface area contributed by atoms with Crippen molar-refractivity contribution in [3.63, 3.8) is 0 Å². The zero-order valence-corrected chi connectivity index (χ0v) is 13.0. The summed E-state index contributed by atoms with van der Waals surface area (Å²) in [6.45, 7) is 4.79. The van der Waals surface area contributed by atoms with Crippen LogP contribution in [0.5, 0.6) is 0 Å². The Labute approximate surface area is 124 Å². The monoisotopic (exact) mass is 345 g/mol. The van der Waals surface area contributed by atoms with Crippen molar-refractivity contribution in [2.45, 2.75) is 20.3 Å². The summed E-state index contributed by atoms with van der Waals surface area (Å²) in [5.74, 6) is 0.328. The Morgan fingerprint density at radius 2 is 2.21 bits per heavy atom. The third kappa shape index (κ3) is 3.09. The molecule has 0 spiro atoms. The highest BCUT2D eigenvalue weighted by Gasteiger charge is 2.14. The number of imidazole rings is 1. The first-order valence-electron chi connectivity index (χ1n) is 5.97. The number of hydrogen-bond acceptors (Lipinski definition) is 2. The van der Waals surface area contributed by atoms with Crippen LogP contribution in [0.25, 0.3) is 5.69 Å². The first kappa shape index (κ1) is 14.3. The lowest BCUT2D eigenvalue weighted by Gasteiger charge is -2.12. The molecule has 0 radical (unpaired) electrons. The van der Waals surface area contributed by atoms with Crippen LogP contribution in [0.15, 0.2) is 22.8 Å². The van der Waals surface area contributed by atoms with Crippen molar-refractivity contribution in [3.05, 3.63) is 39.3 Å². The van der Waals surface area contributed by atoms with Crippen molar-refractivity contribution in [1.29, 1.82) is 0 Å². The van der Waals surface area contributed by atoms with Gasteiger partial charge in [-0.3, -0.25) is 4.57 Å². The first-order valence-corrected chi connectivity index (χ1v) is 7.14. The number of halogens is 3. The number of rotatable bonds is 4. The van der Waals surface area contributed by atoms with Crippen LogP contribution in [0.1, 0.15) is 19.0 Å². The molecule has 0 aliphatic heterocycles. The van der Waals surface area contributed by atoms with E-state index in [-0.39, 0.29) is 5.82 Å². The highest BCUT2D eigenvalue weighted by atomic mass is 79.9. The number of benzene rings is 1. The van der Waals surface area contributed by atoms with Crippen LogP contribution >= 0.6 is 27.5 Å². The van der Waals surface area contributed by atoms with E-state index in [2.05, 4.69) is 33.2 Å². The van der Waals surface area contributed by atoms with Crippen LogP contribution in [0.4, 0.5) is 10.3 Å². The van der Waals surface area contributed by atoms with Crippen LogP contribution in [-0.4, -0.2) is 16.1 Å². The van der Waals surface area contributed by atoms with Gasteiger partial charge in [-0.15, -0.1) is 0 Å². The van der Waals surface area contributed by atoms with Gasteiger partial charge in [0.25, 0.3) is 0 Å². The number of aryl methyl sites for hydroxylation is 1. The Morgan fingerprint density at radius 1 is 1.47 bits per heavy atom.